The lowest BCUT2D eigenvalue weighted by Gasteiger charge is -2.30. The standard InChI is InChI=1S/C32H36N6O2/c1-21(22-11-5-4-6-12-22)33-30(39)25-13-7-8-14-26(25)31(40)34-23-17-19-24(20-18-23)35-32-36-28-16-10-9-15-27(28)29(37-32)38(2)3/h4-16,21,23-24H,17-20H2,1-3H3,(H,33,39)(H,34,40)(H,35,36,37)/t21-,23?,24?/m0/s1. The second-order valence-electron chi connectivity index (χ2n) is 10.6. The molecule has 0 spiro atoms. The minimum atomic E-state index is -0.262. The monoisotopic (exact) mass is 536 g/mol. The summed E-state index contributed by atoms with van der Waals surface area (Å²) in [6.45, 7) is 1.94. The van der Waals surface area contributed by atoms with E-state index in [1.54, 1.807) is 24.3 Å². The zero-order chi connectivity index (χ0) is 28.1. The molecule has 8 heteroatoms. The summed E-state index contributed by atoms with van der Waals surface area (Å²) in [5.41, 5.74) is 2.69. The first kappa shape index (κ1) is 27.1. The summed E-state index contributed by atoms with van der Waals surface area (Å²) >= 11 is 0. The molecule has 8 nitrogen and oxygen atoms in total. The molecule has 1 aliphatic carbocycles. The molecule has 4 aromatic rings. The fourth-order valence-electron chi connectivity index (χ4n) is 5.27. The van der Waals surface area contributed by atoms with Gasteiger partial charge in [-0.2, -0.15) is 4.98 Å². The molecule has 0 saturated heterocycles. The number of benzene rings is 3. The van der Waals surface area contributed by atoms with Crippen molar-refractivity contribution in [1.82, 2.24) is 20.6 Å². The Bertz CT molecular complexity index is 1480. The van der Waals surface area contributed by atoms with Crippen molar-refractivity contribution < 1.29 is 9.59 Å². The third-order valence-corrected chi connectivity index (χ3v) is 7.47. The van der Waals surface area contributed by atoms with E-state index < -0.39 is 0 Å². The Morgan fingerprint density at radius 2 is 1.38 bits per heavy atom. The third-order valence-electron chi connectivity index (χ3n) is 7.47. The normalized spacial score (nSPS) is 17.6. The van der Waals surface area contributed by atoms with E-state index in [4.69, 9.17) is 9.97 Å². The molecule has 40 heavy (non-hydrogen) atoms. The highest BCUT2D eigenvalue weighted by atomic mass is 16.2. The van der Waals surface area contributed by atoms with Gasteiger partial charge in [0.05, 0.1) is 22.7 Å². The molecule has 1 saturated carbocycles. The van der Waals surface area contributed by atoms with Gasteiger partial charge in [-0.05, 0) is 62.4 Å². The second kappa shape index (κ2) is 12.2. The predicted octanol–water partition coefficient (Wildman–Crippen LogP) is 5.34. The molecule has 2 amide bonds. The number of aromatic nitrogens is 2. The van der Waals surface area contributed by atoms with Crippen LogP contribution in [-0.2, 0) is 0 Å². The van der Waals surface area contributed by atoms with Crippen molar-refractivity contribution in [3.63, 3.8) is 0 Å². The molecule has 5 rings (SSSR count). The molecule has 0 radical (unpaired) electrons. The van der Waals surface area contributed by atoms with Crippen molar-refractivity contribution in [2.75, 3.05) is 24.3 Å². The van der Waals surface area contributed by atoms with E-state index in [0.717, 1.165) is 48.0 Å². The van der Waals surface area contributed by atoms with Crippen LogP contribution in [-0.4, -0.2) is 48.0 Å². The van der Waals surface area contributed by atoms with Crippen molar-refractivity contribution in [3.8, 4) is 0 Å². The van der Waals surface area contributed by atoms with Gasteiger partial charge in [0.15, 0.2) is 0 Å². The summed E-state index contributed by atoms with van der Waals surface area (Å²) in [5, 5.41) is 10.7. The number of fused-ring (bicyclic) bond motifs is 1. The number of rotatable bonds is 8. The van der Waals surface area contributed by atoms with Crippen molar-refractivity contribution >= 4 is 34.5 Å². The fraction of sp³-hybridized carbons (Fsp3) is 0.312. The second-order valence-corrected chi connectivity index (χ2v) is 10.6. The van der Waals surface area contributed by atoms with Gasteiger partial charge >= 0.3 is 0 Å². The van der Waals surface area contributed by atoms with Gasteiger partial charge in [0.1, 0.15) is 5.82 Å². The van der Waals surface area contributed by atoms with Gasteiger partial charge in [-0.15, -0.1) is 0 Å². The zero-order valence-electron chi connectivity index (χ0n) is 23.2. The molecule has 3 N–H and O–H groups in total. The van der Waals surface area contributed by atoms with Gasteiger partial charge in [-0.1, -0.05) is 54.6 Å². The number of hydrogen-bond donors (Lipinski definition) is 3. The number of hydrogen-bond acceptors (Lipinski definition) is 6. The highest BCUT2D eigenvalue weighted by Gasteiger charge is 2.25. The Hall–Kier alpha value is -4.46. The topological polar surface area (TPSA) is 99.2 Å². The molecular formula is C32H36N6O2. The van der Waals surface area contributed by atoms with Crippen LogP contribution >= 0.6 is 0 Å². The van der Waals surface area contributed by atoms with Gasteiger partial charge < -0.3 is 20.9 Å². The maximum atomic E-state index is 13.3. The van der Waals surface area contributed by atoms with Gasteiger partial charge in [0, 0.05) is 31.6 Å². The number of nitrogens with zero attached hydrogens (tertiary/aromatic N) is 3. The van der Waals surface area contributed by atoms with Crippen LogP contribution in [0.25, 0.3) is 10.9 Å². The first-order valence-electron chi connectivity index (χ1n) is 13.9. The van der Waals surface area contributed by atoms with Crippen molar-refractivity contribution in [2.24, 2.45) is 0 Å². The quantitative estimate of drug-likeness (QED) is 0.281. The van der Waals surface area contributed by atoms with Gasteiger partial charge in [-0.3, -0.25) is 9.59 Å². The molecule has 3 aromatic carbocycles. The highest BCUT2D eigenvalue weighted by Crippen LogP contribution is 2.26. The summed E-state index contributed by atoms with van der Waals surface area (Å²) in [7, 11) is 3.97. The lowest BCUT2D eigenvalue weighted by molar-refractivity contribution is 0.0897. The van der Waals surface area contributed by atoms with Crippen LogP contribution in [0.5, 0.6) is 0 Å². The summed E-state index contributed by atoms with van der Waals surface area (Å²) < 4.78 is 0. The van der Waals surface area contributed by atoms with Crippen molar-refractivity contribution in [1.29, 1.82) is 0 Å². The number of anilines is 2. The highest BCUT2D eigenvalue weighted by molar-refractivity contribution is 6.07. The lowest BCUT2D eigenvalue weighted by atomic mass is 9.91. The average molecular weight is 537 g/mol. The smallest absolute Gasteiger partial charge is 0.252 e. The Balaban J connectivity index is 1.19. The number of nitrogens with one attached hydrogen (secondary N) is 3. The molecule has 0 aliphatic heterocycles. The molecule has 1 aliphatic rings. The van der Waals surface area contributed by atoms with E-state index in [2.05, 4.69) is 16.0 Å². The van der Waals surface area contributed by atoms with Gasteiger partial charge in [-0.25, -0.2) is 4.98 Å². The molecule has 1 aromatic heterocycles. The van der Waals surface area contributed by atoms with Crippen LogP contribution in [0.15, 0.2) is 78.9 Å². The van der Waals surface area contributed by atoms with Crippen LogP contribution in [0.4, 0.5) is 11.8 Å². The maximum Gasteiger partial charge on any atom is 0.252 e. The number of para-hydroxylation sites is 1. The first-order chi connectivity index (χ1) is 19.4. The molecule has 1 fully saturated rings. The van der Waals surface area contributed by atoms with Crippen LogP contribution in [0.2, 0.25) is 0 Å². The SMILES string of the molecule is C[C@H](NC(=O)c1ccccc1C(=O)NC1CCC(Nc2nc(N(C)C)c3ccccc3n2)CC1)c1ccccc1. The molecule has 0 unspecified atom stereocenters. The molecule has 206 valence electrons. The van der Waals surface area contributed by atoms with Crippen molar-refractivity contribution in [2.45, 2.75) is 50.7 Å². The number of carbonyl (C=O) groups is 2. The Morgan fingerprint density at radius 3 is 2.08 bits per heavy atom. The van der Waals surface area contributed by atoms with E-state index >= 15 is 0 Å². The number of amides is 2. The van der Waals surface area contributed by atoms with E-state index in [-0.39, 0.29) is 29.9 Å². The van der Waals surface area contributed by atoms with E-state index in [1.165, 1.54) is 0 Å². The molecule has 1 heterocycles. The van der Waals surface area contributed by atoms with Crippen molar-refractivity contribution in [3.05, 3.63) is 95.6 Å². The van der Waals surface area contributed by atoms with Crippen LogP contribution < -0.4 is 20.9 Å². The van der Waals surface area contributed by atoms with Crippen LogP contribution in [0.3, 0.4) is 0 Å². The zero-order valence-corrected chi connectivity index (χ0v) is 23.2. The average Bonchev–Trinajstić information content (AvgIpc) is 2.98. The lowest BCUT2D eigenvalue weighted by Crippen LogP contribution is -2.41. The minimum absolute atomic E-state index is 0.0415. The van der Waals surface area contributed by atoms with Crippen LogP contribution in [0.1, 0.15) is 64.9 Å². The van der Waals surface area contributed by atoms with E-state index in [0.29, 0.717) is 17.1 Å². The Labute approximate surface area is 235 Å². The molecule has 0 bridgehead atoms. The summed E-state index contributed by atoms with van der Waals surface area (Å²) in [4.78, 5) is 37.9. The van der Waals surface area contributed by atoms with E-state index in [1.807, 2.05) is 80.5 Å². The first-order valence-corrected chi connectivity index (χ1v) is 13.9. The van der Waals surface area contributed by atoms with Gasteiger partial charge in [0.25, 0.3) is 11.8 Å². The van der Waals surface area contributed by atoms with E-state index in [9.17, 15) is 9.59 Å². The number of carbonyl (C=O) groups excluding carboxylic acids is 2. The molecular weight excluding hydrogens is 500 g/mol. The summed E-state index contributed by atoms with van der Waals surface area (Å²) in [6, 6.07) is 24.9. The third kappa shape index (κ3) is 6.22. The van der Waals surface area contributed by atoms with Gasteiger partial charge in [0.2, 0.25) is 5.95 Å². The fourth-order valence-corrected chi connectivity index (χ4v) is 5.27. The Morgan fingerprint density at radius 1 is 0.775 bits per heavy atom. The maximum absolute atomic E-state index is 13.3. The minimum Gasteiger partial charge on any atom is -0.362 e. The molecule has 1 atom stereocenters. The summed E-state index contributed by atoms with van der Waals surface area (Å²) in [6.07, 6.45) is 3.43. The van der Waals surface area contributed by atoms with Crippen LogP contribution in [0, 0.1) is 0 Å². The largest absolute Gasteiger partial charge is 0.362 e. The Kier molecular flexibility index (Phi) is 8.24. The summed E-state index contributed by atoms with van der Waals surface area (Å²) in [5.74, 6) is 1.03. The predicted molar refractivity (Wildman–Crippen MR) is 160 cm³/mol.